The summed E-state index contributed by atoms with van der Waals surface area (Å²) in [5.41, 5.74) is 2.99. The molecule has 1 aromatic carbocycles. The molecule has 20 heavy (non-hydrogen) atoms. The van der Waals surface area contributed by atoms with E-state index in [4.69, 9.17) is 13.6 Å². The molecule has 1 rings (SSSR count). The van der Waals surface area contributed by atoms with Crippen LogP contribution in [0.4, 0.5) is 0 Å². The van der Waals surface area contributed by atoms with Gasteiger partial charge in [0.2, 0.25) is 0 Å². The van der Waals surface area contributed by atoms with Crippen molar-refractivity contribution in [2.45, 2.75) is 34.6 Å². The van der Waals surface area contributed by atoms with Gasteiger partial charge in [-0.2, -0.15) is 0 Å². The molecular formula is C14H21O5P. The number of phosphoric acid groups is 1. The van der Waals surface area contributed by atoms with Crippen LogP contribution in [0.2, 0.25) is 0 Å². The normalized spacial score (nSPS) is 11.4. The molecule has 5 nitrogen and oxygen atoms in total. The third-order valence-electron chi connectivity index (χ3n) is 2.65. The largest absolute Gasteiger partial charge is 0.532 e. The van der Waals surface area contributed by atoms with Crippen molar-refractivity contribution in [3.8, 4) is 0 Å². The van der Waals surface area contributed by atoms with E-state index in [2.05, 4.69) is 0 Å². The summed E-state index contributed by atoms with van der Waals surface area (Å²) in [6.07, 6.45) is 0. The van der Waals surface area contributed by atoms with Gasteiger partial charge in [-0.15, -0.1) is 0 Å². The Hall–Kier alpha value is -1.16. The van der Waals surface area contributed by atoms with E-state index in [0.29, 0.717) is 5.56 Å². The first kappa shape index (κ1) is 16.9. The molecule has 0 radical (unpaired) electrons. The Bertz CT molecular complexity index is 505. The highest BCUT2D eigenvalue weighted by Gasteiger charge is 2.31. The fraction of sp³-hybridized carbons (Fsp3) is 0.500. The fourth-order valence-corrected chi connectivity index (χ4v) is 3.16. The molecule has 0 aliphatic rings. The van der Waals surface area contributed by atoms with Gasteiger partial charge in [-0.05, 0) is 45.7 Å². The van der Waals surface area contributed by atoms with E-state index in [1.165, 1.54) is 0 Å². The standard InChI is InChI=1S/C14H21O5P/c1-6-17-20(16,18-7-2)19-14(15)13-11(4)8-10(3)9-12(13)5/h8-9H,6-7H2,1-5H3. The van der Waals surface area contributed by atoms with Crippen molar-refractivity contribution in [2.24, 2.45) is 0 Å². The van der Waals surface area contributed by atoms with E-state index in [1.54, 1.807) is 13.8 Å². The number of hydrogen-bond donors (Lipinski definition) is 0. The van der Waals surface area contributed by atoms with Crippen LogP contribution in [0, 0.1) is 20.8 Å². The summed E-state index contributed by atoms with van der Waals surface area (Å²) in [5, 5.41) is 0. The van der Waals surface area contributed by atoms with Gasteiger partial charge in [0.1, 0.15) is 0 Å². The first-order valence-electron chi connectivity index (χ1n) is 6.53. The number of rotatable bonds is 6. The first-order valence-corrected chi connectivity index (χ1v) is 8.00. The van der Waals surface area contributed by atoms with Crippen LogP contribution in [-0.2, 0) is 18.1 Å². The van der Waals surface area contributed by atoms with Crippen molar-refractivity contribution in [3.05, 3.63) is 34.4 Å². The Labute approximate surface area is 119 Å². The molecule has 6 heteroatoms. The Balaban J connectivity index is 3.04. The van der Waals surface area contributed by atoms with Gasteiger partial charge in [-0.1, -0.05) is 17.7 Å². The molecule has 0 aliphatic carbocycles. The van der Waals surface area contributed by atoms with E-state index >= 15 is 0 Å². The minimum Gasteiger partial charge on any atom is -0.367 e. The summed E-state index contributed by atoms with van der Waals surface area (Å²) in [6.45, 7) is 9.14. The molecule has 0 unspecified atom stereocenters. The number of carbonyl (C=O) groups is 1. The first-order chi connectivity index (χ1) is 9.33. The van der Waals surface area contributed by atoms with Gasteiger partial charge in [0.25, 0.3) is 0 Å². The van der Waals surface area contributed by atoms with Crippen LogP contribution in [0.1, 0.15) is 40.9 Å². The number of carbonyl (C=O) groups excluding carboxylic acids is 1. The molecule has 112 valence electrons. The Kier molecular flexibility index (Phi) is 5.93. The minimum absolute atomic E-state index is 0.135. The predicted octanol–water partition coefficient (Wildman–Crippen LogP) is 3.95. The number of hydrogen-bond acceptors (Lipinski definition) is 5. The quantitative estimate of drug-likeness (QED) is 0.744. The lowest BCUT2D eigenvalue weighted by atomic mass is 10.0. The molecule has 0 aliphatic heterocycles. The van der Waals surface area contributed by atoms with Crippen molar-refractivity contribution in [1.82, 2.24) is 0 Å². The molecule has 0 heterocycles. The zero-order valence-corrected chi connectivity index (χ0v) is 13.5. The number of aryl methyl sites for hydroxylation is 3. The molecule has 0 fully saturated rings. The van der Waals surface area contributed by atoms with E-state index < -0.39 is 13.8 Å². The third-order valence-corrected chi connectivity index (χ3v) is 4.19. The van der Waals surface area contributed by atoms with Gasteiger partial charge in [-0.25, -0.2) is 9.36 Å². The van der Waals surface area contributed by atoms with Crippen molar-refractivity contribution in [3.63, 3.8) is 0 Å². The average molecular weight is 300 g/mol. The van der Waals surface area contributed by atoms with Crippen LogP contribution in [0.5, 0.6) is 0 Å². The SMILES string of the molecule is CCOP(=O)(OCC)OC(=O)c1c(C)cc(C)cc1C. The van der Waals surface area contributed by atoms with Crippen molar-refractivity contribution >= 4 is 13.8 Å². The van der Waals surface area contributed by atoms with Gasteiger partial charge in [0, 0.05) is 0 Å². The van der Waals surface area contributed by atoms with Crippen LogP contribution in [-0.4, -0.2) is 19.2 Å². The molecule has 0 amide bonds. The molecule has 0 saturated carbocycles. The van der Waals surface area contributed by atoms with E-state index in [1.807, 2.05) is 32.9 Å². The molecule has 1 aromatic rings. The highest BCUT2D eigenvalue weighted by molar-refractivity contribution is 7.49. The molecule has 0 spiro atoms. The molecule has 0 bridgehead atoms. The van der Waals surface area contributed by atoms with Gasteiger partial charge < -0.3 is 4.52 Å². The summed E-state index contributed by atoms with van der Waals surface area (Å²) in [4.78, 5) is 12.2. The zero-order valence-electron chi connectivity index (χ0n) is 12.6. The molecular weight excluding hydrogens is 279 g/mol. The van der Waals surface area contributed by atoms with Gasteiger partial charge in [-0.3, -0.25) is 9.05 Å². The summed E-state index contributed by atoms with van der Waals surface area (Å²) in [7, 11) is -3.84. The third kappa shape index (κ3) is 4.17. The lowest BCUT2D eigenvalue weighted by Gasteiger charge is -2.17. The summed E-state index contributed by atoms with van der Waals surface area (Å²) in [6, 6.07) is 3.74. The Morgan fingerprint density at radius 2 is 1.50 bits per heavy atom. The maximum Gasteiger partial charge on any atom is 0.532 e. The summed E-state index contributed by atoms with van der Waals surface area (Å²) < 4.78 is 27.1. The smallest absolute Gasteiger partial charge is 0.367 e. The fourth-order valence-electron chi connectivity index (χ4n) is 2.06. The molecule has 0 atom stereocenters. The predicted molar refractivity (Wildman–Crippen MR) is 76.9 cm³/mol. The highest BCUT2D eigenvalue weighted by Crippen LogP contribution is 2.50. The summed E-state index contributed by atoms with van der Waals surface area (Å²) in [5.74, 6) is -0.690. The lowest BCUT2D eigenvalue weighted by molar-refractivity contribution is 0.0604. The minimum atomic E-state index is -3.84. The Morgan fingerprint density at radius 1 is 1.05 bits per heavy atom. The average Bonchev–Trinajstić information content (AvgIpc) is 2.27. The van der Waals surface area contributed by atoms with Crippen LogP contribution in [0.15, 0.2) is 12.1 Å². The number of benzene rings is 1. The van der Waals surface area contributed by atoms with Gasteiger partial charge in [0.05, 0.1) is 18.8 Å². The monoisotopic (exact) mass is 300 g/mol. The van der Waals surface area contributed by atoms with Gasteiger partial charge in [0.15, 0.2) is 0 Å². The molecule has 0 N–H and O–H groups in total. The highest BCUT2D eigenvalue weighted by atomic mass is 31.2. The van der Waals surface area contributed by atoms with E-state index in [-0.39, 0.29) is 13.2 Å². The second-order valence-corrected chi connectivity index (χ2v) is 6.03. The van der Waals surface area contributed by atoms with Crippen LogP contribution >= 0.6 is 7.82 Å². The second kappa shape index (κ2) is 7.02. The van der Waals surface area contributed by atoms with Crippen LogP contribution < -0.4 is 0 Å². The van der Waals surface area contributed by atoms with Gasteiger partial charge >= 0.3 is 13.8 Å². The van der Waals surface area contributed by atoms with Crippen molar-refractivity contribution in [2.75, 3.05) is 13.2 Å². The molecule has 0 aromatic heterocycles. The van der Waals surface area contributed by atoms with Crippen LogP contribution in [0.25, 0.3) is 0 Å². The maximum atomic E-state index is 12.2. The maximum absolute atomic E-state index is 12.2. The topological polar surface area (TPSA) is 61.8 Å². The second-order valence-electron chi connectivity index (χ2n) is 4.44. The van der Waals surface area contributed by atoms with E-state index in [0.717, 1.165) is 16.7 Å². The van der Waals surface area contributed by atoms with E-state index in [9.17, 15) is 9.36 Å². The van der Waals surface area contributed by atoms with Crippen molar-refractivity contribution < 1.29 is 22.9 Å². The number of phosphoric ester groups is 1. The zero-order chi connectivity index (χ0) is 15.3. The summed E-state index contributed by atoms with van der Waals surface area (Å²) >= 11 is 0. The lowest BCUT2D eigenvalue weighted by Crippen LogP contribution is -2.11. The van der Waals surface area contributed by atoms with Crippen LogP contribution in [0.3, 0.4) is 0 Å². The molecule has 0 saturated heterocycles. The Morgan fingerprint density at radius 3 is 1.90 bits per heavy atom. The van der Waals surface area contributed by atoms with Crippen molar-refractivity contribution in [1.29, 1.82) is 0 Å².